The predicted molar refractivity (Wildman–Crippen MR) is 90.7 cm³/mol. The number of amides is 1. The van der Waals surface area contributed by atoms with Crippen molar-refractivity contribution in [1.29, 1.82) is 0 Å². The van der Waals surface area contributed by atoms with Crippen molar-refractivity contribution >= 4 is 21.8 Å². The van der Waals surface area contributed by atoms with E-state index in [-0.39, 0.29) is 18.6 Å². The van der Waals surface area contributed by atoms with Gasteiger partial charge in [0.05, 0.1) is 13.2 Å². The molecule has 7 nitrogen and oxygen atoms in total. The van der Waals surface area contributed by atoms with Crippen molar-refractivity contribution in [3.05, 3.63) is 67.4 Å². The van der Waals surface area contributed by atoms with Crippen LogP contribution in [0.3, 0.4) is 0 Å². The Kier molecular flexibility index (Phi) is 4.96. The van der Waals surface area contributed by atoms with Gasteiger partial charge in [0.25, 0.3) is 5.56 Å². The third-order valence-electron chi connectivity index (χ3n) is 3.86. The topological polar surface area (TPSA) is 84.4 Å². The first-order valence-corrected chi connectivity index (χ1v) is 8.27. The maximum Gasteiger partial charge on any atom is 0.328 e. The van der Waals surface area contributed by atoms with Gasteiger partial charge in [-0.2, -0.15) is 0 Å². The Morgan fingerprint density at radius 2 is 2.00 bits per heavy atom. The van der Waals surface area contributed by atoms with E-state index < -0.39 is 11.2 Å². The minimum Gasteiger partial charge on any atom is -0.370 e. The van der Waals surface area contributed by atoms with Crippen LogP contribution in [0, 0.1) is 0 Å². The summed E-state index contributed by atoms with van der Waals surface area (Å²) in [5, 5.41) is 0. The van der Waals surface area contributed by atoms with E-state index in [0.717, 1.165) is 10.0 Å². The molecule has 126 valence electrons. The van der Waals surface area contributed by atoms with E-state index >= 15 is 0 Å². The molecule has 1 aliphatic heterocycles. The molecule has 1 atom stereocenters. The first kappa shape index (κ1) is 16.7. The molecule has 1 saturated heterocycles. The summed E-state index contributed by atoms with van der Waals surface area (Å²) in [5.41, 5.74) is -0.0733. The number of hydrogen-bond acceptors (Lipinski definition) is 4. The lowest BCUT2D eigenvalue weighted by molar-refractivity contribution is -0.139. The molecule has 1 N–H and O–H groups in total. The largest absolute Gasteiger partial charge is 0.370 e. The molecule has 0 aliphatic carbocycles. The second-order valence-corrected chi connectivity index (χ2v) is 6.40. The highest BCUT2D eigenvalue weighted by Crippen LogP contribution is 2.23. The van der Waals surface area contributed by atoms with E-state index in [1.165, 1.54) is 16.8 Å². The summed E-state index contributed by atoms with van der Waals surface area (Å²) in [6.45, 7) is 1.23. The second-order valence-electron chi connectivity index (χ2n) is 5.49. The van der Waals surface area contributed by atoms with Gasteiger partial charge in [-0.15, -0.1) is 0 Å². The molecule has 2 heterocycles. The van der Waals surface area contributed by atoms with Crippen molar-refractivity contribution in [1.82, 2.24) is 14.5 Å². The fourth-order valence-corrected chi connectivity index (χ4v) is 2.83. The fraction of sp³-hybridized carbons (Fsp3) is 0.312. The van der Waals surface area contributed by atoms with Gasteiger partial charge >= 0.3 is 5.69 Å². The SMILES string of the molecule is O=C(Cn1ccc(=O)[nH]c1=O)N1CCOC(c2ccc(Br)cc2)C1. The maximum atomic E-state index is 12.4. The van der Waals surface area contributed by atoms with E-state index in [1.54, 1.807) is 4.90 Å². The van der Waals surface area contributed by atoms with Crippen LogP contribution >= 0.6 is 15.9 Å². The molecular formula is C16H16BrN3O4. The van der Waals surface area contributed by atoms with Gasteiger partial charge in [0.2, 0.25) is 5.91 Å². The molecule has 0 radical (unpaired) electrons. The number of carbonyl (C=O) groups is 1. The van der Waals surface area contributed by atoms with Crippen molar-refractivity contribution < 1.29 is 9.53 Å². The van der Waals surface area contributed by atoms with E-state index in [0.29, 0.717) is 19.7 Å². The van der Waals surface area contributed by atoms with Crippen molar-refractivity contribution in [3.8, 4) is 0 Å². The summed E-state index contributed by atoms with van der Waals surface area (Å²) in [7, 11) is 0. The van der Waals surface area contributed by atoms with E-state index in [9.17, 15) is 14.4 Å². The lowest BCUT2D eigenvalue weighted by atomic mass is 10.1. The van der Waals surface area contributed by atoms with E-state index in [2.05, 4.69) is 20.9 Å². The lowest BCUT2D eigenvalue weighted by Gasteiger charge is -2.33. The van der Waals surface area contributed by atoms with Crippen molar-refractivity contribution in [3.63, 3.8) is 0 Å². The summed E-state index contributed by atoms with van der Waals surface area (Å²) in [5.74, 6) is -0.186. The van der Waals surface area contributed by atoms with Gasteiger partial charge in [0.1, 0.15) is 12.6 Å². The lowest BCUT2D eigenvalue weighted by Crippen LogP contribution is -2.45. The van der Waals surface area contributed by atoms with Gasteiger partial charge in [-0.05, 0) is 17.7 Å². The van der Waals surface area contributed by atoms with E-state index in [4.69, 9.17) is 4.74 Å². The summed E-state index contributed by atoms with van der Waals surface area (Å²) in [6.07, 6.45) is 1.13. The van der Waals surface area contributed by atoms with Gasteiger partial charge in [-0.3, -0.25) is 19.1 Å². The number of nitrogens with zero attached hydrogens (tertiary/aromatic N) is 2. The van der Waals surface area contributed by atoms with Crippen LogP contribution in [0.5, 0.6) is 0 Å². The molecule has 0 bridgehead atoms. The molecule has 1 aromatic carbocycles. The number of H-pyrrole nitrogens is 1. The number of aromatic nitrogens is 2. The highest BCUT2D eigenvalue weighted by Gasteiger charge is 2.25. The smallest absolute Gasteiger partial charge is 0.328 e. The fourth-order valence-electron chi connectivity index (χ4n) is 2.57. The highest BCUT2D eigenvalue weighted by atomic mass is 79.9. The number of morpholine rings is 1. The standard InChI is InChI=1S/C16H16BrN3O4/c17-12-3-1-11(2-4-12)13-9-19(7-8-24-13)15(22)10-20-6-5-14(21)18-16(20)23/h1-6,13H,7-10H2,(H,18,21,23). The maximum absolute atomic E-state index is 12.4. The van der Waals surface area contributed by atoms with Crippen LogP contribution in [0.1, 0.15) is 11.7 Å². The van der Waals surface area contributed by atoms with E-state index in [1.807, 2.05) is 24.3 Å². The normalized spacial score (nSPS) is 17.7. The van der Waals surface area contributed by atoms with Gasteiger partial charge in [-0.1, -0.05) is 28.1 Å². The molecule has 8 heteroatoms. The minimum absolute atomic E-state index is 0.108. The van der Waals surface area contributed by atoms with Crippen molar-refractivity contribution in [2.45, 2.75) is 12.6 Å². The van der Waals surface area contributed by atoms with Gasteiger partial charge in [0, 0.05) is 23.3 Å². The van der Waals surface area contributed by atoms with Crippen LogP contribution in [0.25, 0.3) is 0 Å². The number of carbonyl (C=O) groups excluding carboxylic acids is 1. The van der Waals surface area contributed by atoms with Crippen LogP contribution < -0.4 is 11.2 Å². The predicted octanol–water partition coefficient (Wildman–Crippen LogP) is 0.899. The van der Waals surface area contributed by atoms with Crippen molar-refractivity contribution in [2.75, 3.05) is 19.7 Å². The molecule has 0 saturated carbocycles. The zero-order valence-electron chi connectivity index (χ0n) is 12.8. The summed E-state index contributed by atoms with van der Waals surface area (Å²) in [6, 6.07) is 8.99. The molecule has 0 spiro atoms. The summed E-state index contributed by atoms with van der Waals surface area (Å²) >= 11 is 3.39. The Balaban J connectivity index is 1.69. The van der Waals surface area contributed by atoms with Crippen LogP contribution in [0.2, 0.25) is 0 Å². The minimum atomic E-state index is -0.589. The molecular weight excluding hydrogens is 378 g/mol. The van der Waals surface area contributed by atoms with Crippen LogP contribution in [0.15, 0.2) is 50.6 Å². The molecule has 1 fully saturated rings. The Hall–Kier alpha value is -2.19. The Morgan fingerprint density at radius 3 is 2.71 bits per heavy atom. The third-order valence-corrected chi connectivity index (χ3v) is 4.39. The van der Waals surface area contributed by atoms with Crippen LogP contribution in [-0.4, -0.2) is 40.1 Å². The molecule has 1 unspecified atom stereocenters. The average Bonchev–Trinajstić information content (AvgIpc) is 2.58. The number of nitrogens with one attached hydrogen (secondary N) is 1. The van der Waals surface area contributed by atoms with Gasteiger partial charge < -0.3 is 9.64 Å². The number of aromatic amines is 1. The average molecular weight is 394 g/mol. The van der Waals surface area contributed by atoms with Crippen LogP contribution in [0.4, 0.5) is 0 Å². The third kappa shape index (κ3) is 3.82. The number of ether oxygens (including phenoxy) is 1. The Bertz CT molecular complexity index is 843. The first-order chi connectivity index (χ1) is 11.5. The molecule has 1 aromatic heterocycles. The van der Waals surface area contributed by atoms with Crippen LogP contribution in [-0.2, 0) is 16.1 Å². The Labute approximate surface area is 146 Å². The van der Waals surface area contributed by atoms with Gasteiger partial charge in [0.15, 0.2) is 0 Å². The molecule has 2 aromatic rings. The summed E-state index contributed by atoms with van der Waals surface area (Å²) in [4.78, 5) is 39.0. The summed E-state index contributed by atoms with van der Waals surface area (Å²) < 4.78 is 7.92. The zero-order chi connectivity index (χ0) is 17.1. The second kappa shape index (κ2) is 7.14. The number of hydrogen-bond donors (Lipinski definition) is 1. The molecule has 1 aliphatic rings. The van der Waals surface area contributed by atoms with Crippen molar-refractivity contribution in [2.24, 2.45) is 0 Å². The first-order valence-electron chi connectivity index (χ1n) is 7.47. The highest BCUT2D eigenvalue weighted by molar-refractivity contribution is 9.10. The number of halogens is 1. The Morgan fingerprint density at radius 1 is 1.25 bits per heavy atom. The molecule has 24 heavy (non-hydrogen) atoms. The molecule has 1 amide bonds. The molecule has 3 rings (SSSR count). The quantitative estimate of drug-likeness (QED) is 0.839. The monoisotopic (exact) mass is 393 g/mol. The zero-order valence-corrected chi connectivity index (χ0v) is 14.4. The number of rotatable bonds is 3. The van der Waals surface area contributed by atoms with Gasteiger partial charge in [-0.25, -0.2) is 4.79 Å². The number of benzene rings is 1.